The summed E-state index contributed by atoms with van der Waals surface area (Å²) in [5, 5.41) is 7.94. The Hall–Kier alpha value is -2.28. The van der Waals surface area contributed by atoms with E-state index in [4.69, 9.17) is 0 Å². The van der Waals surface area contributed by atoms with Gasteiger partial charge in [-0.15, -0.1) is 5.10 Å². The van der Waals surface area contributed by atoms with E-state index in [-0.39, 0.29) is 5.69 Å². The number of likely N-dealkylation sites (tertiary alicyclic amines) is 1. The highest BCUT2D eigenvalue weighted by molar-refractivity contribution is 5.86. The molecule has 23 heavy (non-hydrogen) atoms. The summed E-state index contributed by atoms with van der Waals surface area (Å²) in [7, 11) is 1.35. The van der Waals surface area contributed by atoms with E-state index in [0.29, 0.717) is 6.04 Å². The van der Waals surface area contributed by atoms with Crippen molar-refractivity contribution in [2.45, 2.75) is 25.3 Å². The first-order valence-corrected chi connectivity index (χ1v) is 7.88. The van der Waals surface area contributed by atoms with E-state index in [1.807, 2.05) is 18.3 Å². The van der Waals surface area contributed by atoms with Crippen LogP contribution >= 0.6 is 0 Å². The topological polar surface area (TPSA) is 73.1 Å². The quantitative estimate of drug-likeness (QED) is 0.775. The van der Waals surface area contributed by atoms with Crippen molar-refractivity contribution in [2.75, 3.05) is 26.7 Å². The molecule has 7 nitrogen and oxygen atoms in total. The lowest BCUT2D eigenvalue weighted by molar-refractivity contribution is 0.0594. The number of nitrogens with zero attached hydrogens (tertiary/aromatic N) is 5. The summed E-state index contributed by atoms with van der Waals surface area (Å²) in [5.41, 5.74) is 1.40. The second-order valence-corrected chi connectivity index (χ2v) is 5.72. The van der Waals surface area contributed by atoms with Gasteiger partial charge in [0, 0.05) is 37.9 Å². The normalized spacial score (nSPS) is 16.4. The van der Waals surface area contributed by atoms with Gasteiger partial charge in [0.1, 0.15) is 0 Å². The molecule has 0 N–H and O–H groups in total. The summed E-state index contributed by atoms with van der Waals surface area (Å²) < 4.78 is 6.45. The number of methoxy groups -OCH3 is 1. The van der Waals surface area contributed by atoms with Gasteiger partial charge in [-0.1, -0.05) is 11.3 Å². The first-order valence-electron chi connectivity index (χ1n) is 7.88. The SMILES string of the molecule is COC(=O)c1cn(C2CCN(CCc3ccccn3)CC2)nn1. The highest BCUT2D eigenvalue weighted by Gasteiger charge is 2.22. The van der Waals surface area contributed by atoms with Crippen LogP contribution in [0.15, 0.2) is 30.6 Å². The monoisotopic (exact) mass is 315 g/mol. The second-order valence-electron chi connectivity index (χ2n) is 5.72. The van der Waals surface area contributed by atoms with Crippen LogP contribution in [-0.2, 0) is 11.2 Å². The number of carbonyl (C=O) groups is 1. The Labute approximate surface area is 135 Å². The summed E-state index contributed by atoms with van der Waals surface area (Å²) in [4.78, 5) is 18.2. The Morgan fingerprint density at radius 1 is 1.35 bits per heavy atom. The molecule has 1 saturated heterocycles. The number of hydrogen-bond donors (Lipinski definition) is 0. The van der Waals surface area contributed by atoms with Gasteiger partial charge in [0.2, 0.25) is 0 Å². The molecule has 0 bridgehead atoms. The van der Waals surface area contributed by atoms with Crippen molar-refractivity contribution in [3.63, 3.8) is 0 Å². The van der Waals surface area contributed by atoms with Crippen LogP contribution in [0.25, 0.3) is 0 Å². The standard InChI is InChI=1S/C16H21N5O2/c1-23-16(22)15-12-21(19-18-15)14-6-10-20(11-7-14)9-5-13-4-2-3-8-17-13/h2-4,8,12,14H,5-7,9-11H2,1H3. The maximum Gasteiger partial charge on any atom is 0.360 e. The zero-order valence-electron chi connectivity index (χ0n) is 13.3. The summed E-state index contributed by atoms with van der Waals surface area (Å²) in [5.74, 6) is -0.441. The smallest absolute Gasteiger partial charge is 0.360 e. The van der Waals surface area contributed by atoms with Gasteiger partial charge in [0.05, 0.1) is 19.3 Å². The number of rotatable bonds is 5. The maximum atomic E-state index is 11.4. The van der Waals surface area contributed by atoms with Crippen LogP contribution < -0.4 is 0 Å². The highest BCUT2D eigenvalue weighted by Crippen LogP contribution is 2.21. The molecule has 0 unspecified atom stereocenters. The molecule has 0 amide bonds. The van der Waals surface area contributed by atoms with E-state index in [9.17, 15) is 4.79 Å². The first kappa shape index (κ1) is 15.6. The average Bonchev–Trinajstić information content (AvgIpc) is 3.11. The lowest BCUT2D eigenvalue weighted by Gasteiger charge is -2.31. The third-order valence-electron chi connectivity index (χ3n) is 4.25. The van der Waals surface area contributed by atoms with Gasteiger partial charge in [-0.2, -0.15) is 0 Å². The highest BCUT2D eigenvalue weighted by atomic mass is 16.5. The Morgan fingerprint density at radius 2 is 2.17 bits per heavy atom. The number of piperidine rings is 1. The van der Waals surface area contributed by atoms with E-state index in [2.05, 4.69) is 31.0 Å². The number of hydrogen-bond acceptors (Lipinski definition) is 6. The fraction of sp³-hybridized carbons (Fsp3) is 0.500. The molecule has 0 atom stereocenters. The van der Waals surface area contributed by atoms with Gasteiger partial charge in [0.25, 0.3) is 0 Å². The third-order valence-corrected chi connectivity index (χ3v) is 4.25. The molecule has 1 aliphatic heterocycles. The summed E-state index contributed by atoms with van der Waals surface area (Å²) in [6, 6.07) is 6.33. The molecular formula is C16H21N5O2. The molecule has 0 spiro atoms. The molecule has 122 valence electrons. The van der Waals surface area contributed by atoms with Crippen LogP contribution in [0.3, 0.4) is 0 Å². The molecule has 0 radical (unpaired) electrons. The zero-order chi connectivity index (χ0) is 16.1. The fourth-order valence-electron chi connectivity index (χ4n) is 2.88. The molecule has 2 aromatic heterocycles. The van der Waals surface area contributed by atoms with Crippen LogP contribution in [-0.4, -0.2) is 57.6 Å². The predicted molar refractivity (Wildman–Crippen MR) is 84.0 cm³/mol. The largest absolute Gasteiger partial charge is 0.464 e. The van der Waals surface area contributed by atoms with Crippen LogP contribution in [0, 0.1) is 0 Å². The predicted octanol–water partition coefficient (Wildman–Crippen LogP) is 1.34. The molecule has 3 rings (SSSR count). The average molecular weight is 315 g/mol. The Bertz CT molecular complexity index is 635. The van der Waals surface area contributed by atoms with E-state index in [1.165, 1.54) is 7.11 Å². The number of pyridine rings is 1. The number of aromatic nitrogens is 4. The van der Waals surface area contributed by atoms with Gasteiger partial charge in [0.15, 0.2) is 5.69 Å². The zero-order valence-corrected chi connectivity index (χ0v) is 13.3. The molecule has 1 aliphatic rings. The van der Waals surface area contributed by atoms with E-state index >= 15 is 0 Å². The lowest BCUT2D eigenvalue weighted by atomic mass is 10.0. The molecule has 0 saturated carbocycles. The van der Waals surface area contributed by atoms with Crippen LogP contribution in [0.5, 0.6) is 0 Å². The van der Waals surface area contributed by atoms with Crippen molar-refractivity contribution in [2.24, 2.45) is 0 Å². The Morgan fingerprint density at radius 3 is 2.87 bits per heavy atom. The Kier molecular flexibility index (Phi) is 4.97. The molecule has 2 aromatic rings. The molecule has 0 aliphatic carbocycles. The second kappa shape index (κ2) is 7.32. The third kappa shape index (κ3) is 3.92. The molecule has 3 heterocycles. The van der Waals surface area contributed by atoms with Gasteiger partial charge in [-0.25, -0.2) is 9.48 Å². The van der Waals surface area contributed by atoms with Gasteiger partial charge >= 0.3 is 5.97 Å². The molecule has 7 heteroatoms. The van der Waals surface area contributed by atoms with Crippen molar-refractivity contribution in [3.8, 4) is 0 Å². The number of ether oxygens (including phenoxy) is 1. The molecule has 1 fully saturated rings. The van der Waals surface area contributed by atoms with E-state index in [0.717, 1.165) is 44.6 Å². The lowest BCUT2D eigenvalue weighted by Crippen LogP contribution is -2.36. The summed E-state index contributed by atoms with van der Waals surface area (Å²) in [6.07, 6.45) is 6.50. The first-order chi connectivity index (χ1) is 11.3. The van der Waals surface area contributed by atoms with Crippen LogP contribution in [0.1, 0.15) is 35.1 Å². The van der Waals surface area contributed by atoms with Crippen molar-refractivity contribution in [3.05, 3.63) is 42.0 Å². The van der Waals surface area contributed by atoms with Crippen LogP contribution in [0.2, 0.25) is 0 Å². The van der Waals surface area contributed by atoms with Gasteiger partial charge in [-0.3, -0.25) is 4.98 Å². The molecule has 0 aromatic carbocycles. The van der Waals surface area contributed by atoms with Crippen molar-refractivity contribution >= 4 is 5.97 Å². The van der Waals surface area contributed by atoms with E-state index in [1.54, 1.807) is 10.9 Å². The van der Waals surface area contributed by atoms with Crippen molar-refractivity contribution in [1.82, 2.24) is 24.9 Å². The minimum absolute atomic E-state index is 0.269. The Balaban J connectivity index is 1.48. The number of carbonyl (C=O) groups excluding carboxylic acids is 1. The van der Waals surface area contributed by atoms with Crippen LogP contribution in [0.4, 0.5) is 0 Å². The van der Waals surface area contributed by atoms with Gasteiger partial charge in [-0.05, 0) is 25.0 Å². The van der Waals surface area contributed by atoms with E-state index < -0.39 is 5.97 Å². The summed E-state index contributed by atoms with van der Waals surface area (Å²) >= 11 is 0. The van der Waals surface area contributed by atoms with Crippen molar-refractivity contribution < 1.29 is 9.53 Å². The van der Waals surface area contributed by atoms with Crippen molar-refractivity contribution in [1.29, 1.82) is 0 Å². The molecular weight excluding hydrogens is 294 g/mol. The summed E-state index contributed by atoms with van der Waals surface area (Å²) in [6.45, 7) is 3.06. The fourth-order valence-corrected chi connectivity index (χ4v) is 2.88. The minimum atomic E-state index is -0.441. The number of esters is 1. The maximum absolute atomic E-state index is 11.4. The van der Waals surface area contributed by atoms with Gasteiger partial charge < -0.3 is 9.64 Å². The minimum Gasteiger partial charge on any atom is -0.464 e.